The predicted octanol–water partition coefficient (Wildman–Crippen LogP) is 4.27. The third-order valence-electron chi connectivity index (χ3n) is 4.72. The fourth-order valence-electron chi connectivity index (χ4n) is 3.42. The molecule has 26 heavy (non-hydrogen) atoms. The van der Waals surface area contributed by atoms with E-state index in [1.54, 1.807) is 13.2 Å². The molecule has 3 nitrogen and oxygen atoms in total. The van der Waals surface area contributed by atoms with Gasteiger partial charge in [0.1, 0.15) is 23.4 Å². The Morgan fingerprint density at radius 3 is 2.54 bits per heavy atom. The van der Waals surface area contributed by atoms with E-state index in [9.17, 15) is 13.2 Å². The van der Waals surface area contributed by atoms with Crippen LogP contribution < -0.4 is 15.2 Å². The Labute approximate surface area is 148 Å². The Morgan fingerprint density at radius 2 is 1.77 bits per heavy atom. The zero-order valence-electron chi connectivity index (χ0n) is 13.9. The fraction of sp³-hybridized carbons (Fsp3) is 0.200. The summed E-state index contributed by atoms with van der Waals surface area (Å²) < 4.78 is 52.0. The summed E-state index contributed by atoms with van der Waals surface area (Å²) in [5.74, 6) is -1.96. The van der Waals surface area contributed by atoms with Gasteiger partial charge in [0, 0.05) is 17.2 Å². The molecular formula is C20H16F3NO2. The van der Waals surface area contributed by atoms with Crippen LogP contribution in [-0.4, -0.2) is 13.2 Å². The number of rotatable bonds is 2. The molecule has 3 aromatic rings. The van der Waals surface area contributed by atoms with Crippen molar-refractivity contribution in [3.63, 3.8) is 0 Å². The first kappa shape index (κ1) is 16.7. The molecule has 1 aliphatic rings. The van der Waals surface area contributed by atoms with Crippen LogP contribution in [-0.2, 0) is 6.42 Å². The van der Waals surface area contributed by atoms with Gasteiger partial charge in [0.2, 0.25) is 0 Å². The van der Waals surface area contributed by atoms with Crippen LogP contribution in [0.3, 0.4) is 0 Å². The molecule has 4 rings (SSSR count). The van der Waals surface area contributed by atoms with Crippen LogP contribution in [0.5, 0.6) is 11.5 Å². The molecule has 0 saturated carbocycles. The van der Waals surface area contributed by atoms with Crippen LogP contribution in [0.2, 0.25) is 0 Å². The zero-order valence-corrected chi connectivity index (χ0v) is 13.9. The van der Waals surface area contributed by atoms with Gasteiger partial charge in [-0.2, -0.15) is 0 Å². The second-order valence-corrected chi connectivity index (χ2v) is 6.32. The molecule has 0 amide bonds. The van der Waals surface area contributed by atoms with E-state index >= 15 is 0 Å². The van der Waals surface area contributed by atoms with Crippen molar-refractivity contribution in [1.82, 2.24) is 0 Å². The van der Waals surface area contributed by atoms with Crippen molar-refractivity contribution in [1.29, 1.82) is 0 Å². The molecule has 0 bridgehead atoms. The van der Waals surface area contributed by atoms with Crippen molar-refractivity contribution in [2.24, 2.45) is 5.73 Å². The minimum absolute atomic E-state index is 0.0862. The molecule has 1 aliphatic heterocycles. The van der Waals surface area contributed by atoms with Crippen LogP contribution in [0.4, 0.5) is 13.2 Å². The van der Waals surface area contributed by atoms with E-state index < -0.39 is 29.6 Å². The number of nitrogens with two attached hydrogens (primary N) is 1. The normalized spacial score (nSPS) is 19.1. The summed E-state index contributed by atoms with van der Waals surface area (Å²) in [6.45, 7) is 0. The lowest BCUT2D eigenvalue weighted by molar-refractivity contribution is 0.149. The average Bonchev–Trinajstić information content (AvgIpc) is 2.64. The highest BCUT2D eigenvalue weighted by molar-refractivity contribution is 5.89. The van der Waals surface area contributed by atoms with E-state index in [4.69, 9.17) is 15.2 Å². The van der Waals surface area contributed by atoms with Crippen LogP contribution in [0.1, 0.15) is 17.2 Å². The number of methoxy groups -OCH3 is 1. The van der Waals surface area contributed by atoms with Gasteiger partial charge in [-0.15, -0.1) is 0 Å². The van der Waals surface area contributed by atoms with Gasteiger partial charge < -0.3 is 15.2 Å². The molecule has 6 heteroatoms. The maximum Gasteiger partial charge on any atom is 0.161 e. The molecule has 0 saturated heterocycles. The van der Waals surface area contributed by atoms with Gasteiger partial charge in [0.05, 0.1) is 13.2 Å². The summed E-state index contributed by atoms with van der Waals surface area (Å²) in [6, 6.07) is 10.0. The predicted molar refractivity (Wildman–Crippen MR) is 91.9 cm³/mol. The molecule has 2 N–H and O–H groups in total. The van der Waals surface area contributed by atoms with Gasteiger partial charge in [0.25, 0.3) is 0 Å². The Balaban J connectivity index is 1.77. The Hall–Kier alpha value is -2.73. The van der Waals surface area contributed by atoms with Crippen molar-refractivity contribution < 1.29 is 22.6 Å². The van der Waals surface area contributed by atoms with Gasteiger partial charge in [-0.25, -0.2) is 13.2 Å². The standard InChI is InChI=1S/C20H16F3NO2/c1-25-11-3-4-12-10(6-11)2-5-19-13(12)8-18(24)20(26-19)14-7-16(22)17(23)9-15(14)21/h2-7,9,18,20H,8,24H2,1H3/t18-,20+/m0/s1. The van der Waals surface area contributed by atoms with E-state index in [0.29, 0.717) is 18.2 Å². The molecule has 1 heterocycles. The van der Waals surface area contributed by atoms with Gasteiger partial charge in [-0.1, -0.05) is 12.1 Å². The number of halogens is 3. The number of ether oxygens (including phenoxy) is 2. The van der Waals surface area contributed by atoms with Crippen LogP contribution in [0.15, 0.2) is 42.5 Å². The van der Waals surface area contributed by atoms with Crippen LogP contribution >= 0.6 is 0 Å². The highest BCUT2D eigenvalue weighted by atomic mass is 19.2. The van der Waals surface area contributed by atoms with Gasteiger partial charge in [-0.05, 0) is 41.5 Å². The number of fused-ring (bicyclic) bond motifs is 3. The van der Waals surface area contributed by atoms with Gasteiger partial charge in [0.15, 0.2) is 11.6 Å². The second-order valence-electron chi connectivity index (χ2n) is 6.32. The van der Waals surface area contributed by atoms with Crippen LogP contribution in [0, 0.1) is 17.5 Å². The highest BCUT2D eigenvalue weighted by Gasteiger charge is 2.32. The maximum absolute atomic E-state index is 14.1. The molecule has 2 atom stereocenters. The summed E-state index contributed by atoms with van der Waals surface area (Å²) in [5.41, 5.74) is 7.01. The first-order valence-corrected chi connectivity index (χ1v) is 8.14. The van der Waals surface area contributed by atoms with Crippen molar-refractivity contribution in [3.8, 4) is 11.5 Å². The molecule has 0 aromatic heterocycles. The monoisotopic (exact) mass is 359 g/mol. The summed E-state index contributed by atoms with van der Waals surface area (Å²) >= 11 is 0. The molecule has 134 valence electrons. The van der Waals surface area contributed by atoms with Gasteiger partial charge >= 0.3 is 0 Å². The Kier molecular flexibility index (Phi) is 4.00. The number of hydrogen-bond donors (Lipinski definition) is 1. The topological polar surface area (TPSA) is 44.5 Å². The molecular weight excluding hydrogens is 343 g/mol. The molecule has 0 unspecified atom stereocenters. The number of benzene rings is 3. The number of hydrogen-bond acceptors (Lipinski definition) is 3. The minimum Gasteiger partial charge on any atom is -0.497 e. The van der Waals surface area contributed by atoms with E-state index in [2.05, 4.69) is 0 Å². The first-order chi connectivity index (χ1) is 12.5. The van der Waals surface area contributed by atoms with Crippen molar-refractivity contribution in [3.05, 3.63) is 71.0 Å². The third kappa shape index (κ3) is 2.66. The van der Waals surface area contributed by atoms with E-state index in [-0.39, 0.29) is 5.56 Å². The smallest absolute Gasteiger partial charge is 0.161 e. The molecule has 0 aliphatic carbocycles. The van der Waals surface area contributed by atoms with Crippen molar-refractivity contribution >= 4 is 10.8 Å². The second kappa shape index (κ2) is 6.21. The minimum atomic E-state index is -1.24. The summed E-state index contributed by atoms with van der Waals surface area (Å²) in [4.78, 5) is 0. The van der Waals surface area contributed by atoms with Crippen molar-refractivity contribution in [2.75, 3.05) is 7.11 Å². The average molecular weight is 359 g/mol. The van der Waals surface area contributed by atoms with E-state index in [1.165, 1.54) is 0 Å². The zero-order chi connectivity index (χ0) is 18.4. The molecule has 0 radical (unpaired) electrons. The van der Waals surface area contributed by atoms with Crippen LogP contribution in [0.25, 0.3) is 10.8 Å². The summed E-state index contributed by atoms with van der Waals surface area (Å²) in [5, 5.41) is 1.93. The van der Waals surface area contributed by atoms with E-state index in [1.807, 2.05) is 24.3 Å². The lowest BCUT2D eigenvalue weighted by atomic mass is 9.90. The summed E-state index contributed by atoms with van der Waals surface area (Å²) in [7, 11) is 1.60. The Morgan fingerprint density at radius 1 is 1.00 bits per heavy atom. The molecule has 0 fully saturated rings. The Bertz CT molecular complexity index is 1010. The SMILES string of the molecule is COc1ccc2c3c(ccc2c1)O[C@H](c1cc(F)c(F)cc1F)[C@@H](N)C3. The van der Waals surface area contributed by atoms with Crippen molar-refractivity contribution in [2.45, 2.75) is 18.6 Å². The van der Waals surface area contributed by atoms with E-state index in [0.717, 1.165) is 28.2 Å². The maximum atomic E-state index is 14.1. The molecule has 0 spiro atoms. The molecule has 3 aromatic carbocycles. The lowest BCUT2D eigenvalue weighted by Gasteiger charge is -2.32. The van der Waals surface area contributed by atoms with Gasteiger partial charge in [-0.3, -0.25) is 0 Å². The largest absolute Gasteiger partial charge is 0.497 e. The highest BCUT2D eigenvalue weighted by Crippen LogP contribution is 2.40. The first-order valence-electron chi connectivity index (χ1n) is 8.14. The summed E-state index contributed by atoms with van der Waals surface area (Å²) in [6.07, 6.45) is -0.476. The fourth-order valence-corrected chi connectivity index (χ4v) is 3.42. The third-order valence-corrected chi connectivity index (χ3v) is 4.72. The quantitative estimate of drug-likeness (QED) is 0.695. The lowest BCUT2D eigenvalue weighted by Crippen LogP contribution is -2.38.